The maximum atomic E-state index is 15.4. The number of benzene rings is 2. The van der Waals surface area contributed by atoms with E-state index in [-0.39, 0.29) is 23.8 Å². The van der Waals surface area contributed by atoms with Crippen molar-refractivity contribution >= 4 is 38.5 Å². The van der Waals surface area contributed by atoms with Gasteiger partial charge < -0.3 is 4.74 Å². The van der Waals surface area contributed by atoms with Crippen LogP contribution in [0, 0.1) is 11.9 Å². The van der Waals surface area contributed by atoms with Crippen molar-refractivity contribution in [3.8, 4) is 17.2 Å². The molecule has 7 aromatic rings. The molecular weight excluding hydrogens is 522 g/mol. The first-order valence-corrected chi connectivity index (χ1v) is 13.6. The van der Waals surface area contributed by atoms with E-state index in [0.717, 1.165) is 44.0 Å². The number of para-hydroxylation sites is 2. The molecule has 0 unspecified atom stereocenters. The van der Waals surface area contributed by atoms with Crippen LogP contribution >= 0.6 is 0 Å². The third-order valence-electron chi connectivity index (χ3n) is 8.36. The van der Waals surface area contributed by atoms with Crippen LogP contribution in [0.1, 0.15) is 36.5 Å². The minimum absolute atomic E-state index is 0.0756. The summed E-state index contributed by atoms with van der Waals surface area (Å²) in [6.07, 6.45) is 5.41. The molecule has 41 heavy (non-hydrogen) atoms. The summed E-state index contributed by atoms with van der Waals surface area (Å²) in [6, 6.07) is 16.5. The zero-order valence-corrected chi connectivity index (χ0v) is 23.0. The van der Waals surface area contributed by atoms with Gasteiger partial charge in [-0.15, -0.1) is 9.36 Å². The molecule has 5 aromatic heterocycles. The molecule has 0 aliphatic carbocycles. The van der Waals surface area contributed by atoms with Gasteiger partial charge >= 0.3 is 0 Å². The SMILES string of the molecule is CC(C)c1cccc2c1c1ncc3c(c1c1n2c2ccccc2[n+]1C)Cc1c(c(F)nc(F)c1-n1ccc[n+]1C)O3. The number of nitrogens with zero attached hydrogens (tertiary/aromatic N) is 6. The molecule has 1 aliphatic heterocycles. The average Bonchev–Trinajstić information content (AvgIpc) is 3.52. The number of halogens is 2. The number of aromatic nitrogens is 6. The molecule has 0 bridgehead atoms. The Morgan fingerprint density at radius 3 is 2.51 bits per heavy atom. The fraction of sp³-hybridized carbons (Fsp3) is 0.188. The van der Waals surface area contributed by atoms with E-state index in [2.05, 4.69) is 58.1 Å². The van der Waals surface area contributed by atoms with Gasteiger partial charge in [0.25, 0.3) is 11.6 Å². The van der Waals surface area contributed by atoms with Crippen LogP contribution in [0.15, 0.2) is 67.1 Å². The molecule has 0 atom stereocenters. The Morgan fingerprint density at radius 2 is 1.73 bits per heavy atom. The van der Waals surface area contributed by atoms with Crippen molar-refractivity contribution in [1.82, 2.24) is 19.1 Å². The van der Waals surface area contributed by atoms with E-state index in [1.54, 1.807) is 41.1 Å². The molecule has 6 heterocycles. The third-order valence-corrected chi connectivity index (χ3v) is 8.36. The summed E-state index contributed by atoms with van der Waals surface area (Å²) in [6.45, 7) is 4.36. The Bertz CT molecular complexity index is 2250. The summed E-state index contributed by atoms with van der Waals surface area (Å²) >= 11 is 0. The zero-order valence-electron chi connectivity index (χ0n) is 23.0. The summed E-state index contributed by atoms with van der Waals surface area (Å²) in [5.41, 5.74) is 7.53. The fourth-order valence-electron chi connectivity index (χ4n) is 6.53. The van der Waals surface area contributed by atoms with Crippen LogP contribution in [-0.4, -0.2) is 19.1 Å². The van der Waals surface area contributed by atoms with Crippen molar-refractivity contribution in [3.63, 3.8) is 0 Å². The number of aryl methyl sites for hydroxylation is 2. The van der Waals surface area contributed by atoms with E-state index in [1.165, 1.54) is 5.56 Å². The quantitative estimate of drug-likeness (QED) is 0.158. The van der Waals surface area contributed by atoms with Gasteiger partial charge in [-0.1, -0.05) is 38.1 Å². The lowest BCUT2D eigenvalue weighted by Crippen LogP contribution is -2.38. The average molecular weight is 549 g/mol. The first-order valence-electron chi connectivity index (χ1n) is 13.6. The molecule has 0 saturated carbocycles. The highest BCUT2D eigenvalue weighted by atomic mass is 19.1. The van der Waals surface area contributed by atoms with Crippen LogP contribution in [0.25, 0.3) is 44.2 Å². The van der Waals surface area contributed by atoms with Gasteiger partial charge in [-0.3, -0.25) is 4.98 Å². The first kappa shape index (κ1) is 23.9. The number of rotatable bonds is 2. The topological polar surface area (TPSA) is 52.1 Å². The predicted octanol–water partition coefficient (Wildman–Crippen LogP) is 5.73. The highest BCUT2D eigenvalue weighted by molar-refractivity contribution is 6.14. The lowest BCUT2D eigenvalue weighted by molar-refractivity contribution is -0.744. The second kappa shape index (κ2) is 8.30. The van der Waals surface area contributed by atoms with Crippen LogP contribution < -0.4 is 14.0 Å². The van der Waals surface area contributed by atoms with Gasteiger partial charge in [0.2, 0.25) is 5.95 Å². The Kier molecular flexibility index (Phi) is 4.84. The number of hydrogen-bond donors (Lipinski definition) is 0. The fourth-order valence-corrected chi connectivity index (χ4v) is 6.53. The number of fused-ring (bicyclic) bond motifs is 11. The molecule has 202 valence electrons. The van der Waals surface area contributed by atoms with Gasteiger partial charge in [0.1, 0.15) is 11.3 Å². The Balaban J connectivity index is 1.56. The van der Waals surface area contributed by atoms with Crippen LogP contribution in [0.4, 0.5) is 8.78 Å². The molecule has 0 saturated heterocycles. The molecule has 8 rings (SSSR count). The molecule has 0 amide bonds. The first-order chi connectivity index (χ1) is 19.8. The Hall–Kier alpha value is -4.92. The number of imidazole rings is 1. The van der Waals surface area contributed by atoms with Gasteiger partial charge in [0.15, 0.2) is 35.7 Å². The molecule has 0 radical (unpaired) electrons. The summed E-state index contributed by atoms with van der Waals surface area (Å²) in [4.78, 5) is 8.52. The Labute approximate surface area is 233 Å². The minimum atomic E-state index is -0.980. The van der Waals surface area contributed by atoms with E-state index in [1.807, 2.05) is 19.2 Å². The molecule has 2 aromatic carbocycles. The van der Waals surface area contributed by atoms with Crippen molar-refractivity contribution in [2.24, 2.45) is 14.1 Å². The van der Waals surface area contributed by atoms with E-state index in [4.69, 9.17) is 9.72 Å². The van der Waals surface area contributed by atoms with Gasteiger partial charge in [-0.05, 0) is 29.7 Å². The number of pyridine rings is 3. The van der Waals surface area contributed by atoms with Crippen molar-refractivity contribution < 1.29 is 22.8 Å². The summed E-state index contributed by atoms with van der Waals surface area (Å²) in [7, 11) is 3.84. The largest absolute Gasteiger partial charge is 0.450 e. The molecule has 0 N–H and O–H groups in total. The van der Waals surface area contributed by atoms with Gasteiger partial charge in [0.05, 0.1) is 35.7 Å². The smallest absolute Gasteiger partial charge is 0.297 e. The maximum absolute atomic E-state index is 15.4. The molecule has 1 aliphatic rings. The lowest BCUT2D eigenvalue weighted by Gasteiger charge is -2.23. The van der Waals surface area contributed by atoms with E-state index >= 15 is 8.78 Å². The third kappa shape index (κ3) is 3.11. The predicted molar refractivity (Wildman–Crippen MR) is 151 cm³/mol. The van der Waals surface area contributed by atoms with Crippen molar-refractivity contribution in [2.45, 2.75) is 26.2 Å². The van der Waals surface area contributed by atoms with Crippen molar-refractivity contribution in [3.05, 3.63) is 95.7 Å². The van der Waals surface area contributed by atoms with E-state index in [0.29, 0.717) is 11.3 Å². The minimum Gasteiger partial charge on any atom is -0.450 e. The van der Waals surface area contributed by atoms with Crippen LogP contribution in [0.5, 0.6) is 11.5 Å². The Morgan fingerprint density at radius 1 is 0.927 bits per heavy atom. The van der Waals surface area contributed by atoms with Crippen LogP contribution in [0.3, 0.4) is 0 Å². The highest BCUT2D eigenvalue weighted by Gasteiger charge is 2.35. The van der Waals surface area contributed by atoms with E-state index < -0.39 is 11.9 Å². The van der Waals surface area contributed by atoms with Crippen molar-refractivity contribution in [2.75, 3.05) is 0 Å². The normalized spacial score (nSPS) is 13.0. The van der Waals surface area contributed by atoms with Crippen molar-refractivity contribution in [1.29, 1.82) is 0 Å². The molecule has 7 nitrogen and oxygen atoms in total. The molecule has 0 spiro atoms. The van der Waals surface area contributed by atoms with Crippen LogP contribution in [0.2, 0.25) is 0 Å². The summed E-state index contributed by atoms with van der Waals surface area (Å²) < 4.78 is 44.5. The number of hydrogen-bond acceptors (Lipinski definition) is 3. The van der Waals surface area contributed by atoms with Gasteiger partial charge in [-0.2, -0.15) is 18.2 Å². The lowest BCUT2D eigenvalue weighted by atomic mass is 9.93. The molecular formula is C32H26F2N6O+2. The summed E-state index contributed by atoms with van der Waals surface area (Å²) in [5.74, 6) is -1.26. The number of ether oxygens (including phenoxy) is 1. The zero-order chi connectivity index (χ0) is 28.2. The highest BCUT2D eigenvalue weighted by Crippen LogP contribution is 2.45. The molecule has 9 heteroatoms. The van der Waals surface area contributed by atoms with Crippen LogP contribution in [-0.2, 0) is 20.5 Å². The standard InChI is InChI=1S/C32H26F2N6O/c1-17(2)18-9-7-12-23-25(18)27-26(32-38(4)21-10-5-6-11-22(21)40(23)32)19-15-20-28(39-14-8-13-37(39)3)30(33)36-31(34)29(20)41-24(19)16-35-27/h5-14,16-17H,15H2,1-4H3/q+2. The monoisotopic (exact) mass is 548 g/mol. The maximum Gasteiger partial charge on any atom is 0.297 e. The van der Waals surface area contributed by atoms with Gasteiger partial charge in [-0.25, -0.2) is 4.57 Å². The summed E-state index contributed by atoms with van der Waals surface area (Å²) in [5, 5.41) is 1.96. The van der Waals surface area contributed by atoms with Gasteiger partial charge in [0, 0.05) is 23.6 Å². The van der Waals surface area contributed by atoms with E-state index in [9.17, 15) is 0 Å². The molecule has 0 fully saturated rings. The second-order valence-electron chi connectivity index (χ2n) is 11.0. The second-order valence-corrected chi connectivity index (χ2v) is 11.0.